The van der Waals surface area contributed by atoms with Crippen LogP contribution in [-0.4, -0.2) is 11.1 Å². The van der Waals surface area contributed by atoms with E-state index < -0.39 is 5.97 Å². The van der Waals surface area contributed by atoms with Gasteiger partial charge < -0.3 is 5.11 Å². The van der Waals surface area contributed by atoms with E-state index in [4.69, 9.17) is 5.11 Å². The van der Waals surface area contributed by atoms with Gasteiger partial charge in [-0.2, -0.15) is 0 Å². The summed E-state index contributed by atoms with van der Waals surface area (Å²) in [6.07, 6.45) is 1.56. The molecule has 0 spiro atoms. The molecule has 1 heterocycles. The first-order valence-corrected chi connectivity index (χ1v) is 6.21. The second-order valence-corrected chi connectivity index (χ2v) is 5.21. The van der Waals surface area contributed by atoms with Gasteiger partial charge in [0.15, 0.2) is 0 Å². The Hall–Kier alpha value is -1.22. The highest BCUT2D eigenvalue weighted by molar-refractivity contribution is 8.03. The van der Waals surface area contributed by atoms with Gasteiger partial charge in [0, 0.05) is 10.3 Å². The van der Waals surface area contributed by atoms with Crippen LogP contribution in [-0.2, 0) is 9.54 Å². The zero-order valence-corrected chi connectivity index (χ0v) is 9.96. The van der Waals surface area contributed by atoms with E-state index in [0.717, 1.165) is 6.42 Å². The maximum atomic E-state index is 11.0. The van der Waals surface area contributed by atoms with Gasteiger partial charge in [-0.3, -0.25) is 0 Å². The summed E-state index contributed by atoms with van der Waals surface area (Å²) in [7, 11) is 0. The molecule has 1 N–H and O–H groups in total. The van der Waals surface area contributed by atoms with Crippen molar-refractivity contribution in [3.63, 3.8) is 0 Å². The average molecular weight is 234 g/mol. The van der Waals surface area contributed by atoms with Crippen molar-refractivity contribution in [1.29, 1.82) is 0 Å². The van der Waals surface area contributed by atoms with E-state index >= 15 is 0 Å². The molecule has 0 saturated heterocycles. The van der Waals surface area contributed by atoms with Crippen molar-refractivity contribution in [1.82, 2.24) is 0 Å². The maximum Gasteiger partial charge on any atom is 0.332 e. The minimum Gasteiger partial charge on any atom is -0.478 e. The second-order valence-electron chi connectivity index (χ2n) is 3.96. The number of hydrogen-bond donors (Lipinski definition) is 1. The van der Waals surface area contributed by atoms with E-state index in [-0.39, 0.29) is 4.75 Å². The van der Waals surface area contributed by atoms with E-state index in [1.807, 2.05) is 18.2 Å². The lowest BCUT2D eigenvalue weighted by Crippen LogP contribution is -2.19. The first-order chi connectivity index (χ1) is 7.68. The van der Waals surface area contributed by atoms with Crippen LogP contribution in [0.1, 0.15) is 25.3 Å². The standard InChI is InChI=1S/C13H14O2S/c1-2-13(11-6-4-3-5-7-11)8-10(9-16-13)12(14)15/h3-7,9H,2,8H2,1H3,(H,14,15). The fraction of sp³-hybridized carbons (Fsp3) is 0.308. The predicted molar refractivity (Wildman–Crippen MR) is 66.3 cm³/mol. The molecule has 1 unspecified atom stereocenters. The second kappa shape index (κ2) is 4.34. The van der Waals surface area contributed by atoms with Gasteiger partial charge in [0.1, 0.15) is 0 Å². The molecule has 2 nitrogen and oxygen atoms in total. The number of carboxylic acid groups (broad SMARTS) is 1. The van der Waals surface area contributed by atoms with Crippen LogP contribution < -0.4 is 0 Å². The minimum absolute atomic E-state index is 0.0744. The number of aliphatic carboxylic acids is 1. The molecule has 16 heavy (non-hydrogen) atoms. The van der Waals surface area contributed by atoms with Crippen molar-refractivity contribution in [2.24, 2.45) is 0 Å². The van der Waals surface area contributed by atoms with Gasteiger partial charge in [0.2, 0.25) is 0 Å². The summed E-state index contributed by atoms with van der Waals surface area (Å²) in [5.41, 5.74) is 1.74. The van der Waals surface area contributed by atoms with Crippen molar-refractivity contribution in [2.45, 2.75) is 24.5 Å². The minimum atomic E-state index is -0.793. The fourth-order valence-electron chi connectivity index (χ4n) is 2.03. The highest BCUT2D eigenvalue weighted by Crippen LogP contribution is 2.50. The highest BCUT2D eigenvalue weighted by Gasteiger charge is 2.37. The zero-order chi connectivity index (χ0) is 11.6. The van der Waals surface area contributed by atoms with Crippen LogP contribution in [0.15, 0.2) is 41.3 Å². The molecular formula is C13H14O2S. The topological polar surface area (TPSA) is 37.3 Å². The van der Waals surface area contributed by atoms with Crippen LogP contribution in [0.25, 0.3) is 0 Å². The Morgan fingerprint density at radius 3 is 2.62 bits per heavy atom. The SMILES string of the molecule is CCC1(c2ccccc2)CC(C(=O)O)=CS1. The van der Waals surface area contributed by atoms with E-state index in [9.17, 15) is 4.79 Å². The molecule has 0 amide bonds. The third-order valence-electron chi connectivity index (χ3n) is 3.05. The van der Waals surface area contributed by atoms with Gasteiger partial charge in [0.25, 0.3) is 0 Å². The van der Waals surface area contributed by atoms with Crippen molar-refractivity contribution in [2.75, 3.05) is 0 Å². The van der Waals surface area contributed by atoms with Crippen molar-refractivity contribution < 1.29 is 9.90 Å². The highest BCUT2D eigenvalue weighted by atomic mass is 32.2. The lowest BCUT2D eigenvalue weighted by Gasteiger charge is -2.27. The molecule has 3 heteroatoms. The quantitative estimate of drug-likeness (QED) is 0.871. The number of carbonyl (C=O) groups is 1. The summed E-state index contributed by atoms with van der Waals surface area (Å²) in [6.45, 7) is 2.11. The number of benzene rings is 1. The molecule has 1 aromatic carbocycles. The van der Waals surface area contributed by atoms with Gasteiger partial charge in [-0.1, -0.05) is 37.3 Å². The molecule has 1 atom stereocenters. The lowest BCUT2D eigenvalue weighted by molar-refractivity contribution is -0.132. The van der Waals surface area contributed by atoms with Crippen LogP contribution in [0, 0.1) is 0 Å². The Labute approximate surface area is 99.4 Å². The molecule has 0 aromatic heterocycles. The summed E-state index contributed by atoms with van der Waals surface area (Å²) < 4.78 is -0.0744. The van der Waals surface area contributed by atoms with Crippen molar-refractivity contribution >= 4 is 17.7 Å². The number of thioether (sulfide) groups is 1. The lowest BCUT2D eigenvalue weighted by atomic mass is 9.89. The zero-order valence-electron chi connectivity index (χ0n) is 9.14. The van der Waals surface area contributed by atoms with Gasteiger partial charge in [-0.05, 0) is 23.8 Å². The number of rotatable bonds is 3. The van der Waals surface area contributed by atoms with Gasteiger partial charge in [-0.15, -0.1) is 11.8 Å². The molecule has 2 rings (SSSR count). The third-order valence-corrected chi connectivity index (χ3v) is 4.57. The molecule has 0 radical (unpaired) electrons. The Morgan fingerprint density at radius 1 is 1.44 bits per heavy atom. The molecule has 0 fully saturated rings. The Kier molecular flexibility index (Phi) is 3.06. The van der Waals surface area contributed by atoms with E-state index in [1.165, 1.54) is 5.56 Å². The van der Waals surface area contributed by atoms with Crippen LogP contribution in [0.5, 0.6) is 0 Å². The Morgan fingerprint density at radius 2 is 2.12 bits per heavy atom. The summed E-state index contributed by atoms with van der Waals surface area (Å²) >= 11 is 1.64. The average Bonchev–Trinajstić information content (AvgIpc) is 2.76. The summed E-state index contributed by atoms with van der Waals surface area (Å²) in [5, 5.41) is 10.8. The van der Waals surface area contributed by atoms with Crippen LogP contribution in [0.3, 0.4) is 0 Å². The van der Waals surface area contributed by atoms with E-state index in [0.29, 0.717) is 12.0 Å². The molecular weight excluding hydrogens is 220 g/mol. The number of carboxylic acids is 1. The summed E-state index contributed by atoms with van der Waals surface area (Å²) in [6, 6.07) is 10.2. The number of hydrogen-bond acceptors (Lipinski definition) is 2. The first-order valence-electron chi connectivity index (χ1n) is 5.33. The van der Waals surface area contributed by atoms with Crippen LogP contribution in [0.2, 0.25) is 0 Å². The molecule has 0 saturated carbocycles. The van der Waals surface area contributed by atoms with Crippen LogP contribution >= 0.6 is 11.8 Å². The monoisotopic (exact) mass is 234 g/mol. The first kappa shape index (κ1) is 11.3. The van der Waals surface area contributed by atoms with Gasteiger partial charge in [0.05, 0.1) is 0 Å². The molecule has 1 aliphatic rings. The predicted octanol–water partition coefficient (Wildman–Crippen LogP) is 3.40. The van der Waals surface area contributed by atoms with E-state index in [1.54, 1.807) is 17.2 Å². The fourth-order valence-corrected chi connectivity index (χ4v) is 3.26. The largest absolute Gasteiger partial charge is 0.478 e. The van der Waals surface area contributed by atoms with Gasteiger partial charge >= 0.3 is 5.97 Å². The molecule has 1 aliphatic heterocycles. The van der Waals surface area contributed by atoms with Gasteiger partial charge in [-0.25, -0.2) is 4.79 Å². The smallest absolute Gasteiger partial charge is 0.332 e. The normalized spacial score (nSPS) is 24.2. The van der Waals surface area contributed by atoms with Crippen LogP contribution in [0.4, 0.5) is 0 Å². The van der Waals surface area contributed by atoms with E-state index in [2.05, 4.69) is 19.1 Å². The molecule has 0 aliphatic carbocycles. The van der Waals surface area contributed by atoms with Crippen molar-refractivity contribution in [3.8, 4) is 0 Å². The molecule has 0 bridgehead atoms. The molecule has 1 aromatic rings. The third kappa shape index (κ3) is 1.87. The Balaban J connectivity index is 2.29. The molecule has 84 valence electrons. The maximum absolute atomic E-state index is 11.0. The summed E-state index contributed by atoms with van der Waals surface area (Å²) in [4.78, 5) is 11.0. The Bertz CT molecular complexity index is 425. The van der Waals surface area contributed by atoms with Crippen molar-refractivity contribution in [3.05, 3.63) is 46.9 Å². The summed E-state index contributed by atoms with van der Waals surface area (Å²) in [5.74, 6) is -0.793.